The van der Waals surface area contributed by atoms with Crippen LogP contribution in [0, 0.1) is 0 Å². The molecule has 0 aromatic heterocycles. The number of rotatable bonds is 9. The van der Waals surface area contributed by atoms with Crippen molar-refractivity contribution in [3.05, 3.63) is 41.1 Å². The summed E-state index contributed by atoms with van der Waals surface area (Å²) in [5.74, 6) is 0.416. The number of thiocarbonyl (C=S) groups is 1. The van der Waals surface area contributed by atoms with Crippen LogP contribution in [0.2, 0.25) is 0 Å². The van der Waals surface area contributed by atoms with Crippen molar-refractivity contribution in [2.24, 2.45) is 0 Å². The predicted molar refractivity (Wildman–Crippen MR) is 104 cm³/mol. The summed E-state index contributed by atoms with van der Waals surface area (Å²) in [7, 11) is 1.56. The number of hydrogen-bond donors (Lipinski definition) is 2. The number of allylic oxidation sites excluding steroid dienone is 1. The second-order valence-electron chi connectivity index (χ2n) is 5.97. The molecule has 0 amide bonds. The number of carbonyl (C=O) groups is 1. The van der Waals surface area contributed by atoms with E-state index in [0.717, 1.165) is 24.2 Å². The second-order valence-corrected chi connectivity index (χ2v) is 6.38. The van der Waals surface area contributed by atoms with Crippen LogP contribution >= 0.6 is 12.2 Å². The van der Waals surface area contributed by atoms with E-state index in [1.807, 2.05) is 31.2 Å². The normalized spacial score (nSPS) is 16.7. The van der Waals surface area contributed by atoms with Crippen LogP contribution in [0.3, 0.4) is 0 Å². The largest absolute Gasteiger partial charge is 0.494 e. The SMILES string of the molecule is CCCCOc1ccc(C2NC(=S)NC(C)=C2C(=O)OCCOC)cc1. The van der Waals surface area contributed by atoms with E-state index in [4.69, 9.17) is 26.4 Å². The molecule has 0 bridgehead atoms. The van der Waals surface area contributed by atoms with Gasteiger partial charge in [0.2, 0.25) is 0 Å². The maximum absolute atomic E-state index is 12.5. The highest BCUT2D eigenvalue weighted by atomic mass is 32.1. The summed E-state index contributed by atoms with van der Waals surface area (Å²) in [6.45, 7) is 5.19. The molecule has 6 nitrogen and oxygen atoms in total. The number of carbonyl (C=O) groups excluding carboxylic acids is 1. The first kappa shape index (κ1) is 20.2. The van der Waals surface area contributed by atoms with Gasteiger partial charge in [0, 0.05) is 12.8 Å². The Morgan fingerprint density at radius 3 is 2.58 bits per heavy atom. The van der Waals surface area contributed by atoms with E-state index in [2.05, 4.69) is 17.6 Å². The lowest BCUT2D eigenvalue weighted by atomic mass is 9.95. The van der Waals surface area contributed by atoms with E-state index < -0.39 is 5.97 Å². The van der Waals surface area contributed by atoms with Crippen molar-refractivity contribution in [2.75, 3.05) is 26.9 Å². The summed E-state index contributed by atoms with van der Waals surface area (Å²) in [5.41, 5.74) is 2.11. The van der Waals surface area contributed by atoms with Crippen LogP contribution in [0.5, 0.6) is 5.75 Å². The molecule has 1 aliphatic heterocycles. The van der Waals surface area contributed by atoms with Gasteiger partial charge in [0.25, 0.3) is 0 Å². The molecule has 0 radical (unpaired) electrons. The number of hydrogen-bond acceptors (Lipinski definition) is 5. The third kappa shape index (κ3) is 5.44. The Morgan fingerprint density at radius 2 is 1.92 bits per heavy atom. The highest BCUT2D eigenvalue weighted by Crippen LogP contribution is 2.29. The molecule has 2 rings (SSSR count). The number of unbranched alkanes of at least 4 members (excludes halogenated alkanes) is 1. The molecule has 1 aromatic rings. The lowest BCUT2D eigenvalue weighted by Crippen LogP contribution is -2.45. The van der Waals surface area contributed by atoms with Crippen LogP contribution in [0.4, 0.5) is 0 Å². The lowest BCUT2D eigenvalue weighted by Gasteiger charge is -2.30. The first-order valence-corrected chi connectivity index (χ1v) is 9.14. The molecule has 0 aliphatic carbocycles. The smallest absolute Gasteiger partial charge is 0.338 e. The minimum absolute atomic E-state index is 0.202. The lowest BCUT2D eigenvalue weighted by molar-refractivity contribution is -0.140. The van der Waals surface area contributed by atoms with Gasteiger partial charge in [0.05, 0.1) is 24.8 Å². The van der Waals surface area contributed by atoms with Gasteiger partial charge < -0.3 is 24.8 Å². The van der Waals surface area contributed by atoms with Crippen molar-refractivity contribution in [1.29, 1.82) is 0 Å². The Kier molecular flexibility index (Phi) is 7.87. The van der Waals surface area contributed by atoms with Gasteiger partial charge in [0.15, 0.2) is 5.11 Å². The van der Waals surface area contributed by atoms with Gasteiger partial charge in [-0.15, -0.1) is 0 Å². The van der Waals surface area contributed by atoms with E-state index in [0.29, 0.717) is 29.6 Å². The molecule has 1 atom stereocenters. The molecule has 26 heavy (non-hydrogen) atoms. The van der Waals surface area contributed by atoms with E-state index in [-0.39, 0.29) is 12.6 Å². The van der Waals surface area contributed by atoms with Crippen molar-refractivity contribution in [2.45, 2.75) is 32.7 Å². The second kappa shape index (κ2) is 10.1. The van der Waals surface area contributed by atoms with Crippen LogP contribution in [0.15, 0.2) is 35.5 Å². The molecule has 0 saturated heterocycles. The molecule has 0 spiro atoms. The highest BCUT2D eigenvalue weighted by molar-refractivity contribution is 7.80. The number of esters is 1. The molecule has 2 N–H and O–H groups in total. The van der Waals surface area contributed by atoms with Crippen molar-refractivity contribution in [3.8, 4) is 5.75 Å². The molecular formula is C19H26N2O4S. The molecule has 1 aromatic carbocycles. The van der Waals surface area contributed by atoms with Crippen LogP contribution in [-0.2, 0) is 14.3 Å². The standard InChI is InChI=1S/C19H26N2O4S/c1-4-5-10-24-15-8-6-14(7-9-15)17-16(13(2)20-19(26)21-17)18(22)25-12-11-23-3/h6-9,17H,4-5,10-12H2,1-3H3,(H2,20,21,26). The zero-order valence-electron chi connectivity index (χ0n) is 15.5. The minimum atomic E-state index is -0.393. The first-order valence-electron chi connectivity index (χ1n) is 8.74. The zero-order valence-corrected chi connectivity index (χ0v) is 16.3. The number of methoxy groups -OCH3 is 1. The third-order valence-electron chi connectivity index (χ3n) is 3.99. The minimum Gasteiger partial charge on any atom is -0.494 e. The van der Waals surface area contributed by atoms with Crippen molar-refractivity contribution < 1.29 is 19.0 Å². The van der Waals surface area contributed by atoms with Gasteiger partial charge in [-0.05, 0) is 43.3 Å². The summed E-state index contributed by atoms with van der Waals surface area (Å²) < 4.78 is 15.9. The fourth-order valence-corrected chi connectivity index (χ4v) is 2.87. The fourth-order valence-electron chi connectivity index (χ4n) is 2.60. The molecule has 1 aliphatic rings. The summed E-state index contributed by atoms with van der Waals surface area (Å²) in [5, 5.41) is 6.61. The van der Waals surface area contributed by atoms with Crippen LogP contribution in [0.25, 0.3) is 0 Å². The average molecular weight is 378 g/mol. The van der Waals surface area contributed by atoms with Gasteiger partial charge in [-0.25, -0.2) is 4.79 Å². The summed E-state index contributed by atoms with van der Waals surface area (Å²) in [4.78, 5) is 12.5. The Balaban J connectivity index is 2.17. The maximum Gasteiger partial charge on any atom is 0.338 e. The van der Waals surface area contributed by atoms with Crippen molar-refractivity contribution >= 4 is 23.3 Å². The average Bonchev–Trinajstić information content (AvgIpc) is 2.62. The molecule has 142 valence electrons. The molecular weight excluding hydrogens is 352 g/mol. The van der Waals surface area contributed by atoms with Gasteiger partial charge in [-0.3, -0.25) is 0 Å². The van der Waals surface area contributed by atoms with Gasteiger partial charge in [-0.1, -0.05) is 25.5 Å². The molecule has 0 fully saturated rings. The topological polar surface area (TPSA) is 68.8 Å². The van der Waals surface area contributed by atoms with Crippen LogP contribution in [-0.4, -0.2) is 38.0 Å². The van der Waals surface area contributed by atoms with E-state index >= 15 is 0 Å². The quantitative estimate of drug-likeness (QED) is 0.389. The summed E-state index contributed by atoms with van der Waals surface area (Å²) >= 11 is 5.25. The maximum atomic E-state index is 12.5. The molecule has 1 heterocycles. The Hall–Kier alpha value is -2.12. The van der Waals surface area contributed by atoms with E-state index in [1.54, 1.807) is 7.11 Å². The Morgan fingerprint density at radius 1 is 1.19 bits per heavy atom. The molecule has 7 heteroatoms. The Labute approximate surface area is 159 Å². The molecule has 1 unspecified atom stereocenters. The van der Waals surface area contributed by atoms with Crippen LogP contribution < -0.4 is 15.4 Å². The monoisotopic (exact) mass is 378 g/mol. The van der Waals surface area contributed by atoms with E-state index in [9.17, 15) is 4.79 Å². The predicted octanol–water partition coefficient (Wildman–Crippen LogP) is 2.85. The van der Waals surface area contributed by atoms with Gasteiger partial charge in [0.1, 0.15) is 12.4 Å². The van der Waals surface area contributed by atoms with Crippen molar-refractivity contribution in [3.63, 3.8) is 0 Å². The van der Waals surface area contributed by atoms with Crippen molar-refractivity contribution in [1.82, 2.24) is 10.6 Å². The number of benzene rings is 1. The fraction of sp³-hybridized carbons (Fsp3) is 0.474. The highest BCUT2D eigenvalue weighted by Gasteiger charge is 2.30. The van der Waals surface area contributed by atoms with Gasteiger partial charge >= 0.3 is 5.97 Å². The van der Waals surface area contributed by atoms with Gasteiger partial charge in [-0.2, -0.15) is 0 Å². The summed E-state index contributed by atoms with van der Waals surface area (Å²) in [6.07, 6.45) is 2.11. The van der Waals surface area contributed by atoms with Crippen LogP contribution in [0.1, 0.15) is 38.3 Å². The summed E-state index contributed by atoms with van der Waals surface area (Å²) in [6, 6.07) is 7.30. The number of ether oxygens (including phenoxy) is 3. The van der Waals surface area contributed by atoms with E-state index in [1.165, 1.54) is 0 Å². The first-order chi connectivity index (χ1) is 12.6. The molecule has 0 saturated carbocycles. The zero-order chi connectivity index (χ0) is 18.9. The Bertz CT molecular complexity index is 658. The third-order valence-corrected chi connectivity index (χ3v) is 4.21. The number of nitrogens with one attached hydrogen (secondary N) is 2.